The topological polar surface area (TPSA) is 77.6 Å². The molecular formula is C22H27FN6OS. The van der Waals surface area contributed by atoms with Crippen molar-refractivity contribution in [1.82, 2.24) is 29.9 Å². The van der Waals surface area contributed by atoms with E-state index < -0.39 is 0 Å². The molecule has 0 atom stereocenters. The SMILES string of the molecule is Cc1ccn(CC(=O)NCc2nnc(SCC3CCCCC3)n2-c2ccc(F)cc2)n1. The smallest absolute Gasteiger partial charge is 0.242 e. The quantitative estimate of drug-likeness (QED) is 0.536. The molecule has 0 unspecified atom stereocenters. The van der Waals surface area contributed by atoms with Crippen molar-refractivity contribution in [2.24, 2.45) is 5.92 Å². The molecule has 3 aromatic rings. The van der Waals surface area contributed by atoms with Crippen LogP contribution in [-0.4, -0.2) is 36.2 Å². The first-order valence-corrected chi connectivity index (χ1v) is 11.7. The van der Waals surface area contributed by atoms with Gasteiger partial charge in [0.15, 0.2) is 11.0 Å². The molecule has 0 spiro atoms. The molecule has 0 radical (unpaired) electrons. The molecule has 1 fully saturated rings. The number of aryl methyl sites for hydroxylation is 1. The number of rotatable bonds is 8. The van der Waals surface area contributed by atoms with Crippen molar-refractivity contribution >= 4 is 17.7 Å². The summed E-state index contributed by atoms with van der Waals surface area (Å²) in [6, 6.07) is 8.12. The molecular weight excluding hydrogens is 415 g/mol. The molecule has 31 heavy (non-hydrogen) atoms. The van der Waals surface area contributed by atoms with Crippen LogP contribution in [0.15, 0.2) is 41.7 Å². The van der Waals surface area contributed by atoms with Crippen LogP contribution >= 0.6 is 11.8 Å². The number of carbonyl (C=O) groups excluding carboxylic acids is 1. The summed E-state index contributed by atoms with van der Waals surface area (Å²) in [7, 11) is 0. The van der Waals surface area contributed by atoms with Gasteiger partial charge in [-0.2, -0.15) is 5.10 Å². The van der Waals surface area contributed by atoms with Crippen LogP contribution in [-0.2, 0) is 17.9 Å². The van der Waals surface area contributed by atoms with Gasteiger partial charge in [0.05, 0.1) is 12.2 Å². The molecule has 2 heterocycles. The first kappa shape index (κ1) is 21.5. The Balaban J connectivity index is 1.47. The molecule has 2 aromatic heterocycles. The van der Waals surface area contributed by atoms with E-state index in [0.717, 1.165) is 22.3 Å². The van der Waals surface area contributed by atoms with Gasteiger partial charge in [0.2, 0.25) is 5.91 Å². The Labute approximate surface area is 185 Å². The van der Waals surface area contributed by atoms with Gasteiger partial charge in [0, 0.05) is 17.6 Å². The minimum absolute atomic E-state index is 0.141. The molecule has 1 aliphatic rings. The van der Waals surface area contributed by atoms with Crippen molar-refractivity contribution in [3.8, 4) is 5.69 Å². The molecule has 1 amide bonds. The van der Waals surface area contributed by atoms with Crippen molar-refractivity contribution in [2.75, 3.05) is 5.75 Å². The predicted molar refractivity (Wildman–Crippen MR) is 117 cm³/mol. The van der Waals surface area contributed by atoms with E-state index >= 15 is 0 Å². The highest BCUT2D eigenvalue weighted by Gasteiger charge is 2.19. The van der Waals surface area contributed by atoms with E-state index in [4.69, 9.17) is 0 Å². The highest BCUT2D eigenvalue weighted by molar-refractivity contribution is 7.99. The largest absolute Gasteiger partial charge is 0.347 e. The van der Waals surface area contributed by atoms with Gasteiger partial charge in [0.25, 0.3) is 0 Å². The number of hydrogen-bond acceptors (Lipinski definition) is 5. The highest BCUT2D eigenvalue weighted by Crippen LogP contribution is 2.30. The number of halogens is 1. The van der Waals surface area contributed by atoms with Crippen LogP contribution in [0.1, 0.15) is 43.6 Å². The Kier molecular flexibility index (Phi) is 7.01. The maximum Gasteiger partial charge on any atom is 0.242 e. The number of benzene rings is 1. The van der Waals surface area contributed by atoms with Gasteiger partial charge in [-0.1, -0.05) is 31.0 Å². The molecule has 0 bridgehead atoms. The molecule has 1 N–H and O–H groups in total. The summed E-state index contributed by atoms with van der Waals surface area (Å²) < 4.78 is 17.0. The lowest BCUT2D eigenvalue weighted by Crippen LogP contribution is -2.28. The summed E-state index contributed by atoms with van der Waals surface area (Å²) in [5, 5.41) is 16.6. The number of amides is 1. The average molecular weight is 443 g/mol. The van der Waals surface area contributed by atoms with Crippen LogP contribution < -0.4 is 5.32 Å². The maximum absolute atomic E-state index is 13.5. The van der Waals surface area contributed by atoms with Gasteiger partial charge in [0.1, 0.15) is 12.4 Å². The van der Waals surface area contributed by atoms with Crippen LogP contribution in [0.4, 0.5) is 4.39 Å². The summed E-state index contributed by atoms with van der Waals surface area (Å²) in [5.41, 5.74) is 1.65. The van der Waals surface area contributed by atoms with Crippen LogP contribution in [0.25, 0.3) is 5.69 Å². The minimum atomic E-state index is -0.294. The van der Waals surface area contributed by atoms with Crippen molar-refractivity contribution in [3.05, 3.63) is 53.9 Å². The minimum Gasteiger partial charge on any atom is -0.347 e. The van der Waals surface area contributed by atoms with Crippen molar-refractivity contribution in [3.63, 3.8) is 0 Å². The lowest BCUT2D eigenvalue weighted by atomic mass is 9.91. The summed E-state index contributed by atoms with van der Waals surface area (Å²) in [5.74, 6) is 1.84. The monoisotopic (exact) mass is 442 g/mol. The van der Waals surface area contributed by atoms with Gasteiger partial charge in [-0.25, -0.2) is 4.39 Å². The molecule has 1 aliphatic carbocycles. The molecule has 9 heteroatoms. The normalized spacial score (nSPS) is 14.6. The zero-order chi connectivity index (χ0) is 21.6. The number of nitrogens with zero attached hydrogens (tertiary/aromatic N) is 5. The third kappa shape index (κ3) is 5.72. The second-order valence-corrected chi connectivity index (χ2v) is 8.94. The second-order valence-electron chi connectivity index (χ2n) is 7.96. The van der Waals surface area contributed by atoms with Gasteiger partial charge in [-0.05, 0) is 56.0 Å². The highest BCUT2D eigenvalue weighted by atomic mass is 32.2. The van der Waals surface area contributed by atoms with Crippen molar-refractivity contribution in [1.29, 1.82) is 0 Å². The Morgan fingerprint density at radius 3 is 2.65 bits per heavy atom. The van der Waals surface area contributed by atoms with Gasteiger partial charge in [-0.3, -0.25) is 14.0 Å². The van der Waals surface area contributed by atoms with Crippen LogP contribution in [0.3, 0.4) is 0 Å². The van der Waals surface area contributed by atoms with Gasteiger partial charge < -0.3 is 5.32 Å². The van der Waals surface area contributed by atoms with Crippen molar-refractivity contribution < 1.29 is 9.18 Å². The Hall–Kier alpha value is -2.68. The molecule has 4 rings (SSSR count). The lowest BCUT2D eigenvalue weighted by Gasteiger charge is -2.20. The fraction of sp³-hybridized carbons (Fsp3) is 0.455. The third-order valence-corrected chi connectivity index (χ3v) is 6.64. The standard InChI is InChI=1S/C22H27FN6OS/c1-16-11-12-28(27-16)14-21(30)24-13-20-25-26-22(31-15-17-5-3-2-4-6-17)29(20)19-9-7-18(23)8-10-19/h7-12,17H,2-6,13-15H2,1H3,(H,24,30). The lowest BCUT2D eigenvalue weighted by molar-refractivity contribution is -0.122. The first-order valence-electron chi connectivity index (χ1n) is 10.7. The van der Waals surface area contributed by atoms with E-state index in [1.54, 1.807) is 34.8 Å². The molecule has 1 saturated carbocycles. The summed E-state index contributed by atoms with van der Waals surface area (Å²) in [6.07, 6.45) is 8.21. The average Bonchev–Trinajstić information content (AvgIpc) is 3.37. The van der Waals surface area contributed by atoms with E-state index in [1.807, 2.05) is 17.6 Å². The summed E-state index contributed by atoms with van der Waals surface area (Å²) in [6.45, 7) is 2.25. The fourth-order valence-corrected chi connectivity index (χ4v) is 4.99. The molecule has 0 aliphatic heterocycles. The fourth-order valence-electron chi connectivity index (χ4n) is 3.84. The molecule has 1 aromatic carbocycles. The van der Waals surface area contributed by atoms with E-state index in [0.29, 0.717) is 11.7 Å². The molecule has 164 valence electrons. The zero-order valence-electron chi connectivity index (χ0n) is 17.6. The van der Waals surface area contributed by atoms with E-state index in [9.17, 15) is 9.18 Å². The molecule has 7 nitrogen and oxygen atoms in total. The first-order chi connectivity index (χ1) is 15.1. The number of thioether (sulfide) groups is 1. The Bertz CT molecular complexity index is 1010. The van der Waals surface area contributed by atoms with Crippen LogP contribution in [0, 0.1) is 18.7 Å². The Morgan fingerprint density at radius 2 is 1.94 bits per heavy atom. The second kappa shape index (κ2) is 10.1. The van der Waals surface area contributed by atoms with Gasteiger partial charge >= 0.3 is 0 Å². The van der Waals surface area contributed by atoms with E-state index in [2.05, 4.69) is 20.6 Å². The van der Waals surface area contributed by atoms with Gasteiger partial charge in [-0.15, -0.1) is 10.2 Å². The number of carbonyl (C=O) groups is 1. The van der Waals surface area contributed by atoms with E-state index in [1.165, 1.54) is 44.2 Å². The predicted octanol–water partition coefficient (Wildman–Crippen LogP) is 3.90. The van der Waals surface area contributed by atoms with E-state index in [-0.39, 0.29) is 24.8 Å². The third-order valence-electron chi connectivity index (χ3n) is 5.48. The number of nitrogens with one attached hydrogen (secondary N) is 1. The molecule has 0 saturated heterocycles. The van der Waals surface area contributed by atoms with Crippen molar-refractivity contribution in [2.45, 2.75) is 57.3 Å². The summed E-state index contributed by atoms with van der Waals surface area (Å²) >= 11 is 1.68. The number of aromatic nitrogens is 5. The summed E-state index contributed by atoms with van der Waals surface area (Å²) in [4.78, 5) is 12.3. The Morgan fingerprint density at radius 1 is 1.16 bits per heavy atom. The number of hydrogen-bond donors (Lipinski definition) is 1. The van der Waals surface area contributed by atoms with Crippen LogP contribution in [0.5, 0.6) is 0 Å². The van der Waals surface area contributed by atoms with Crippen LogP contribution in [0.2, 0.25) is 0 Å². The maximum atomic E-state index is 13.5. The zero-order valence-corrected chi connectivity index (χ0v) is 18.4.